The van der Waals surface area contributed by atoms with Crippen molar-refractivity contribution in [3.8, 4) is 0 Å². The van der Waals surface area contributed by atoms with Gasteiger partial charge in [-0.3, -0.25) is 14.4 Å². The Morgan fingerprint density at radius 1 is 1.12 bits per heavy atom. The van der Waals surface area contributed by atoms with Crippen LogP contribution in [0.1, 0.15) is 70.7 Å². The van der Waals surface area contributed by atoms with Crippen molar-refractivity contribution in [1.82, 2.24) is 9.96 Å². The van der Waals surface area contributed by atoms with Gasteiger partial charge in [0.1, 0.15) is 0 Å². The summed E-state index contributed by atoms with van der Waals surface area (Å²) in [5.74, 6) is -0.266. The van der Waals surface area contributed by atoms with Crippen molar-refractivity contribution in [1.29, 1.82) is 0 Å². The molecule has 0 aromatic heterocycles. The zero-order valence-electron chi connectivity index (χ0n) is 21.8. The van der Waals surface area contributed by atoms with Crippen LogP contribution < -0.4 is 0 Å². The Bertz CT molecular complexity index is 843. The number of Topliss-reactive ketones (excluding diaryl/α,β-unsaturated/α-hetero) is 1. The SMILES string of the molecule is CC(C)CC(CC(=O)N1CCC(C(=O)c2ccc(Cl)cc2)CC1)C(=O)N(O[SiH](C)C)C(C)(C)C. The maximum Gasteiger partial charge on any atom is 0.249 e. The normalized spacial score (nSPS) is 16.1. The number of rotatable bonds is 9. The number of halogens is 1. The van der Waals surface area contributed by atoms with Gasteiger partial charge in [-0.1, -0.05) is 25.4 Å². The van der Waals surface area contributed by atoms with E-state index in [1.54, 1.807) is 24.3 Å². The molecule has 0 spiro atoms. The number of carbonyl (C=O) groups is 3. The molecule has 1 saturated heterocycles. The number of hydrogen-bond acceptors (Lipinski definition) is 4. The number of piperidine rings is 1. The summed E-state index contributed by atoms with van der Waals surface area (Å²) < 4.78 is 6.01. The van der Waals surface area contributed by atoms with Gasteiger partial charge in [0, 0.05) is 41.9 Å². The van der Waals surface area contributed by atoms with Crippen molar-refractivity contribution in [2.24, 2.45) is 17.8 Å². The van der Waals surface area contributed by atoms with Crippen LogP contribution in [0.5, 0.6) is 0 Å². The Morgan fingerprint density at radius 3 is 2.15 bits per heavy atom. The average Bonchev–Trinajstić information content (AvgIpc) is 2.75. The number of amides is 2. The molecule has 0 saturated carbocycles. The van der Waals surface area contributed by atoms with Crippen molar-refractivity contribution in [2.75, 3.05) is 13.1 Å². The molecular weight excluding hydrogens is 468 g/mol. The first-order chi connectivity index (χ1) is 15.8. The maximum absolute atomic E-state index is 13.5. The first-order valence-electron chi connectivity index (χ1n) is 12.4. The van der Waals surface area contributed by atoms with Crippen LogP contribution in [0.15, 0.2) is 24.3 Å². The smallest absolute Gasteiger partial charge is 0.249 e. The number of likely N-dealkylation sites (tertiary alicyclic amines) is 1. The van der Waals surface area contributed by atoms with E-state index in [-0.39, 0.29) is 35.9 Å². The van der Waals surface area contributed by atoms with E-state index in [0.717, 1.165) is 0 Å². The fourth-order valence-electron chi connectivity index (χ4n) is 4.34. The maximum atomic E-state index is 13.5. The van der Waals surface area contributed by atoms with Crippen LogP contribution in [0, 0.1) is 17.8 Å². The second kappa shape index (κ2) is 12.3. The van der Waals surface area contributed by atoms with Crippen LogP contribution >= 0.6 is 11.6 Å². The third kappa shape index (κ3) is 8.20. The topological polar surface area (TPSA) is 66.9 Å². The average molecular weight is 509 g/mol. The number of hydrogen-bond donors (Lipinski definition) is 0. The molecule has 1 aliphatic heterocycles. The molecule has 6 nitrogen and oxygen atoms in total. The van der Waals surface area contributed by atoms with E-state index >= 15 is 0 Å². The van der Waals surface area contributed by atoms with Crippen LogP contribution in [0.3, 0.4) is 0 Å². The highest BCUT2D eigenvalue weighted by molar-refractivity contribution is 6.48. The molecule has 1 aromatic carbocycles. The molecule has 1 aliphatic rings. The Morgan fingerprint density at radius 2 is 1.68 bits per heavy atom. The molecule has 2 amide bonds. The standard InChI is InChI=1S/C26H41ClN2O4Si/c1-18(2)16-21(25(32)29(26(3,4)5)33-34(6)7)17-23(30)28-14-12-20(13-15-28)24(31)19-8-10-22(27)11-9-19/h8-11,18,20-21,34H,12-17H2,1-7H3. The molecule has 8 heteroatoms. The van der Waals surface area contributed by atoms with Gasteiger partial charge in [0.15, 0.2) is 5.78 Å². The molecule has 0 bridgehead atoms. The van der Waals surface area contributed by atoms with Crippen LogP contribution in [0.2, 0.25) is 18.1 Å². The van der Waals surface area contributed by atoms with E-state index in [2.05, 4.69) is 13.8 Å². The van der Waals surface area contributed by atoms with Gasteiger partial charge in [-0.2, -0.15) is 0 Å². The minimum absolute atomic E-state index is 0.0213. The number of hydroxylamine groups is 2. The van der Waals surface area contributed by atoms with E-state index in [9.17, 15) is 14.4 Å². The number of carbonyl (C=O) groups excluding carboxylic acids is 3. The minimum Gasteiger partial charge on any atom is -0.343 e. The summed E-state index contributed by atoms with van der Waals surface area (Å²) in [6, 6.07) is 6.97. The molecule has 0 radical (unpaired) electrons. The van der Waals surface area contributed by atoms with E-state index in [1.165, 1.54) is 5.06 Å². The zero-order valence-corrected chi connectivity index (χ0v) is 23.7. The molecule has 0 aliphatic carbocycles. The fraction of sp³-hybridized carbons (Fsp3) is 0.654. The van der Waals surface area contributed by atoms with Crippen LogP contribution in [-0.4, -0.2) is 55.2 Å². The van der Waals surface area contributed by atoms with Gasteiger partial charge in [-0.05, 0) is 83.3 Å². The van der Waals surface area contributed by atoms with E-state index < -0.39 is 20.5 Å². The summed E-state index contributed by atoms with van der Waals surface area (Å²) in [6.45, 7) is 15.1. The summed E-state index contributed by atoms with van der Waals surface area (Å²) in [7, 11) is -1.50. The van der Waals surface area contributed by atoms with Gasteiger partial charge in [0.25, 0.3) is 0 Å². The highest BCUT2D eigenvalue weighted by atomic mass is 35.5. The van der Waals surface area contributed by atoms with Gasteiger partial charge in [0.2, 0.25) is 20.9 Å². The van der Waals surface area contributed by atoms with Gasteiger partial charge in [0.05, 0.1) is 5.54 Å². The zero-order chi connectivity index (χ0) is 25.6. The molecule has 0 N–H and O–H groups in total. The van der Waals surface area contributed by atoms with Crippen molar-refractivity contribution >= 4 is 38.2 Å². The third-order valence-electron chi connectivity index (χ3n) is 6.00. The Labute approximate surface area is 211 Å². The summed E-state index contributed by atoms with van der Waals surface area (Å²) in [5, 5.41) is 2.12. The summed E-state index contributed by atoms with van der Waals surface area (Å²) in [6.07, 6.45) is 2.06. The predicted octanol–water partition coefficient (Wildman–Crippen LogP) is 5.36. The Kier molecular flexibility index (Phi) is 10.3. The van der Waals surface area contributed by atoms with E-state index in [1.807, 2.05) is 38.8 Å². The molecule has 1 heterocycles. The van der Waals surface area contributed by atoms with E-state index in [0.29, 0.717) is 42.9 Å². The molecule has 1 unspecified atom stereocenters. The van der Waals surface area contributed by atoms with Crippen molar-refractivity contribution in [3.05, 3.63) is 34.9 Å². The largest absolute Gasteiger partial charge is 0.343 e. The Hall–Kier alpha value is -1.70. The molecular formula is C26H41ClN2O4Si. The lowest BCUT2D eigenvalue weighted by Crippen LogP contribution is -2.51. The molecule has 34 heavy (non-hydrogen) atoms. The van der Waals surface area contributed by atoms with Gasteiger partial charge >= 0.3 is 0 Å². The molecule has 1 fully saturated rings. The van der Waals surface area contributed by atoms with Crippen LogP contribution in [0.25, 0.3) is 0 Å². The summed E-state index contributed by atoms with van der Waals surface area (Å²) in [4.78, 5) is 41.3. The number of nitrogens with zero attached hydrogens (tertiary/aromatic N) is 2. The Balaban J connectivity index is 2.03. The minimum atomic E-state index is -1.50. The third-order valence-corrected chi connectivity index (χ3v) is 6.88. The lowest BCUT2D eigenvalue weighted by atomic mass is 9.88. The van der Waals surface area contributed by atoms with Crippen molar-refractivity contribution in [2.45, 2.75) is 78.9 Å². The second-order valence-corrected chi connectivity index (χ2v) is 13.8. The van der Waals surface area contributed by atoms with Gasteiger partial charge < -0.3 is 9.43 Å². The first kappa shape index (κ1) is 28.5. The van der Waals surface area contributed by atoms with Gasteiger partial charge in [-0.15, -0.1) is 0 Å². The predicted molar refractivity (Wildman–Crippen MR) is 139 cm³/mol. The fourth-order valence-corrected chi connectivity index (χ4v) is 5.31. The monoisotopic (exact) mass is 508 g/mol. The number of benzene rings is 1. The van der Waals surface area contributed by atoms with Crippen LogP contribution in [-0.2, 0) is 14.1 Å². The number of ketones is 1. The highest BCUT2D eigenvalue weighted by Crippen LogP contribution is 2.27. The molecule has 1 atom stereocenters. The molecule has 190 valence electrons. The first-order valence-corrected chi connectivity index (χ1v) is 15.5. The summed E-state index contributed by atoms with van der Waals surface area (Å²) >= 11 is 5.93. The van der Waals surface area contributed by atoms with Crippen molar-refractivity contribution in [3.63, 3.8) is 0 Å². The van der Waals surface area contributed by atoms with E-state index in [4.69, 9.17) is 16.1 Å². The molecule has 1 aromatic rings. The lowest BCUT2D eigenvalue weighted by molar-refractivity contribution is -0.183. The highest BCUT2D eigenvalue weighted by Gasteiger charge is 2.36. The van der Waals surface area contributed by atoms with Crippen molar-refractivity contribution < 1.29 is 18.9 Å². The lowest BCUT2D eigenvalue weighted by Gasteiger charge is -2.39. The second-order valence-electron chi connectivity index (χ2n) is 11.0. The van der Waals surface area contributed by atoms with Crippen LogP contribution in [0.4, 0.5) is 0 Å². The molecule has 2 rings (SSSR count). The summed E-state index contributed by atoms with van der Waals surface area (Å²) in [5.41, 5.74) is 0.181. The quantitative estimate of drug-likeness (QED) is 0.256. The van der Waals surface area contributed by atoms with Gasteiger partial charge in [-0.25, -0.2) is 5.06 Å².